The number of hydrogen-bond donors (Lipinski definition) is 0. The zero-order valence-electron chi connectivity index (χ0n) is 11.4. The van der Waals surface area contributed by atoms with E-state index >= 15 is 0 Å². The molecule has 0 aromatic rings. The molecule has 2 aliphatic rings. The van der Waals surface area contributed by atoms with Crippen LogP contribution in [0.4, 0.5) is 0 Å². The molecular weight excluding hydrogens is 307 g/mol. The Hall–Kier alpha value is 0.0800. The number of carbonyl (C=O) groups excluding carboxylic acids is 1. The maximum absolute atomic E-state index is 11.9. The van der Waals surface area contributed by atoms with E-state index in [2.05, 4.69) is 20.8 Å². The summed E-state index contributed by atoms with van der Waals surface area (Å²) in [6.45, 7) is 6.78. The normalized spacial score (nSPS) is 35.3. The quantitative estimate of drug-likeness (QED) is 0.681. The number of rotatable bonds is 3. The van der Waals surface area contributed by atoms with Gasteiger partial charge in [-0.25, -0.2) is 0 Å². The second-order valence-electron chi connectivity index (χ2n) is 6.43. The Kier molecular flexibility index (Phi) is 4.17. The maximum Gasteiger partial charge on any atom is 0.311 e. The molecule has 3 atom stereocenters. The number of fused-ring (bicyclic) bond motifs is 2. The summed E-state index contributed by atoms with van der Waals surface area (Å²) in [4.78, 5) is 11.9. The monoisotopic (exact) mass is 324 g/mol. The van der Waals surface area contributed by atoms with Gasteiger partial charge >= 0.3 is 5.97 Å². The Morgan fingerprint density at radius 3 is 2.32 bits per heavy atom. The van der Waals surface area contributed by atoms with Gasteiger partial charge in [0.2, 0.25) is 0 Å². The fourth-order valence-corrected chi connectivity index (χ4v) is 3.95. The van der Waals surface area contributed by atoms with Crippen molar-refractivity contribution in [3.8, 4) is 0 Å². The van der Waals surface area contributed by atoms with E-state index in [1.54, 1.807) is 0 Å². The first-order valence-electron chi connectivity index (χ1n) is 6.57. The zero-order valence-corrected chi connectivity index (χ0v) is 13.7. The van der Waals surface area contributed by atoms with Crippen molar-refractivity contribution < 1.29 is 9.53 Å². The second kappa shape index (κ2) is 5.13. The van der Waals surface area contributed by atoms with Gasteiger partial charge in [-0.15, -0.1) is 0 Å². The first-order chi connectivity index (χ1) is 8.68. The molecule has 2 nitrogen and oxygen atoms in total. The molecular formula is C14H19Cl3O2. The number of hydrogen-bond acceptors (Lipinski definition) is 2. The van der Waals surface area contributed by atoms with Crippen LogP contribution in [0.15, 0.2) is 9.52 Å². The minimum Gasteiger partial charge on any atom is -0.461 e. The van der Waals surface area contributed by atoms with Gasteiger partial charge in [-0.05, 0) is 30.6 Å². The van der Waals surface area contributed by atoms with Crippen LogP contribution in [0.1, 0.15) is 46.5 Å². The molecule has 0 amide bonds. The molecule has 0 aliphatic heterocycles. The molecule has 0 N–H and O–H groups in total. The van der Waals surface area contributed by atoms with Crippen molar-refractivity contribution >= 4 is 40.8 Å². The summed E-state index contributed by atoms with van der Waals surface area (Å²) < 4.78 is 5.56. The molecule has 0 heterocycles. The highest BCUT2D eigenvalue weighted by Crippen LogP contribution is 2.66. The lowest BCUT2D eigenvalue weighted by atomic mass is 9.70. The molecule has 2 fully saturated rings. The van der Waals surface area contributed by atoms with Crippen LogP contribution in [0.25, 0.3) is 0 Å². The average Bonchev–Trinajstić information content (AvgIpc) is 2.61. The lowest BCUT2D eigenvalue weighted by Crippen LogP contribution is -2.38. The van der Waals surface area contributed by atoms with Gasteiger partial charge in [0.25, 0.3) is 0 Å². The van der Waals surface area contributed by atoms with Gasteiger partial charge < -0.3 is 4.74 Å². The number of ether oxygens (including phenoxy) is 1. The Bertz CT molecular complexity index is 426. The van der Waals surface area contributed by atoms with Crippen LogP contribution in [0.5, 0.6) is 0 Å². The summed E-state index contributed by atoms with van der Waals surface area (Å²) in [5.74, 6) is 0.288. The van der Waals surface area contributed by atoms with E-state index in [0.717, 1.165) is 12.8 Å². The van der Waals surface area contributed by atoms with Gasteiger partial charge in [0.1, 0.15) is 10.6 Å². The molecule has 5 heteroatoms. The van der Waals surface area contributed by atoms with Crippen molar-refractivity contribution in [2.24, 2.45) is 16.7 Å². The molecule has 0 saturated heterocycles. The van der Waals surface area contributed by atoms with Crippen molar-refractivity contribution in [2.45, 2.75) is 52.6 Å². The van der Waals surface area contributed by atoms with Crippen molar-refractivity contribution in [1.82, 2.24) is 0 Å². The highest BCUT2D eigenvalue weighted by Gasteiger charge is 2.62. The van der Waals surface area contributed by atoms with Gasteiger partial charge in [0.15, 0.2) is 0 Å². The molecule has 108 valence electrons. The maximum atomic E-state index is 11.9. The third kappa shape index (κ3) is 2.52. The lowest BCUT2D eigenvalue weighted by Gasteiger charge is -2.38. The topological polar surface area (TPSA) is 26.3 Å². The van der Waals surface area contributed by atoms with Crippen LogP contribution in [0, 0.1) is 16.7 Å². The van der Waals surface area contributed by atoms with E-state index < -0.39 is 0 Å². The summed E-state index contributed by atoms with van der Waals surface area (Å²) in [6, 6.07) is 0. The summed E-state index contributed by atoms with van der Waals surface area (Å²) in [6.07, 6.45) is 3.22. The van der Waals surface area contributed by atoms with E-state index in [1.807, 2.05) is 0 Å². The standard InChI is InChI=1S/C14H19Cl3O2/c1-13(2)8-4-5-14(13,3)10(6-8)19-11(18)7-9(15)12(16)17/h8,10H,4-7H2,1-3H3/t8-,10+,14-/m0/s1. The summed E-state index contributed by atoms with van der Waals surface area (Å²) >= 11 is 16.8. The van der Waals surface area contributed by atoms with Gasteiger partial charge in [-0.1, -0.05) is 55.6 Å². The number of halogens is 3. The Balaban J connectivity index is 2.03. The van der Waals surface area contributed by atoms with Crippen LogP contribution in [0.3, 0.4) is 0 Å². The van der Waals surface area contributed by atoms with Crippen molar-refractivity contribution in [1.29, 1.82) is 0 Å². The van der Waals surface area contributed by atoms with Gasteiger partial charge in [-0.3, -0.25) is 4.79 Å². The second-order valence-corrected chi connectivity index (χ2v) is 7.84. The highest BCUT2D eigenvalue weighted by molar-refractivity contribution is 6.59. The molecule has 0 spiro atoms. The predicted molar refractivity (Wildman–Crippen MR) is 78.3 cm³/mol. The largest absolute Gasteiger partial charge is 0.461 e. The molecule has 2 rings (SSSR count). The summed E-state index contributed by atoms with van der Waals surface area (Å²) in [7, 11) is 0. The molecule has 2 aliphatic carbocycles. The SMILES string of the molecule is CC1(C)[C@H]2CC[C@@]1(C)[C@H](OC(=O)CC(Cl)=C(Cl)Cl)C2. The summed E-state index contributed by atoms with van der Waals surface area (Å²) in [5.41, 5.74) is 0.288. The fourth-order valence-electron chi connectivity index (χ4n) is 3.70. The van der Waals surface area contributed by atoms with E-state index in [0.29, 0.717) is 5.92 Å². The van der Waals surface area contributed by atoms with E-state index in [1.165, 1.54) is 6.42 Å². The van der Waals surface area contributed by atoms with Crippen LogP contribution in [0.2, 0.25) is 0 Å². The first kappa shape index (κ1) is 15.5. The molecule has 2 saturated carbocycles. The third-order valence-corrected chi connectivity index (χ3v) is 6.46. The summed E-state index contributed by atoms with van der Waals surface area (Å²) in [5, 5.41) is 0.140. The molecule has 19 heavy (non-hydrogen) atoms. The third-order valence-electron chi connectivity index (χ3n) is 5.49. The molecule has 0 aromatic heterocycles. The highest BCUT2D eigenvalue weighted by atomic mass is 35.5. The predicted octanol–water partition coefficient (Wildman–Crippen LogP) is 5.02. The molecule has 0 radical (unpaired) electrons. The number of carbonyl (C=O) groups is 1. The zero-order chi connectivity index (χ0) is 14.4. The Morgan fingerprint density at radius 1 is 1.26 bits per heavy atom. The number of esters is 1. The molecule has 0 unspecified atom stereocenters. The van der Waals surface area contributed by atoms with Crippen molar-refractivity contribution in [2.75, 3.05) is 0 Å². The van der Waals surface area contributed by atoms with E-state index in [4.69, 9.17) is 39.5 Å². The average molecular weight is 326 g/mol. The first-order valence-corrected chi connectivity index (χ1v) is 7.71. The smallest absolute Gasteiger partial charge is 0.311 e. The van der Waals surface area contributed by atoms with Crippen LogP contribution < -0.4 is 0 Å². The van der Waals surface area contributed by atoms with Crippen LogP contribution in [-0.2, 0) is 9.53 Å². The minimum atomic E-state index is -0.349. The van der Waals surface area contributed by atoms with Gasteiger partial charge in [0.05, 0.1) is 11.5 Å². The lowest BCUT2D eigenvalue weighted by molar-refractivity contribution is -0.155. The van der Waals surface area contributed by atoms with Crippen molar-refractivity contribution in [3.05, 3.63) is 9.52 Å². The van der Waals surface area contributed by atoms with Gasteiger partial charge in [0, 0.05) is 5.41 Å². The Morgan fingerprint density at radius 2 is 1.89 bits per heavy atom. The fraction of sp³-hybridized carbons (Fsp3) is 0.786. The molecule has 0 aromatic carbocycles. The minimum absolute atomic E-state index is 0.0210. The van der Waals surface area contributed by atoms with Crippen molar-refractivity contribution in [3.63, 3.8) is 0 Å². The van der Waals surface area contributed by atoms with Crippen LogP contribution >= 0.6 is 34.8 Å². The molecule has 2 bridgehead atoms. The van der Waals surface area contributed by atoms with Crippen LogP contribution in [-0.4, -0.2) is 12.1 Å². The van der Waals surface area contributed by atoms with Gasteiger partial charge in [-0.2, -0.15) is 0 Å². The van der Waals surface area contributed by atoms with E-state index in [9.17, 15) is 4.79 Å². The van der Waals surface area contributed by atoms with E-state index in [-0.39, 0.29) is 38.8 Å². The Labute approximate surface area is 129 Å².